The van der Waals surface area contributed by atoms with E-state index in [9.17, 15) is 9.59 Å². The van der Waals surface area contributed by atoms with Gasteiger partial charge in [0.2, 0.25) is 0 Å². The van der Waals surface area contributed by atoms with Crippen molar-refractivity contribution >= 4 is 23.5 Å². The monoisotopic (exact) mass is 318 g/mol. The lowest BCUT2D eigenvalue weighted by Gasteiger charge is -2.18. The Labute approximate surface area is 133 Å². The molecule has 1 aromatic heterocycles. The number of amides is 1. The van der Waals surface area contributed by atoms with E-state index in [0.29, 0.717) is 21.8 Å². The average molecular weight is 319 g/mol. The van der Waals surface area contributed by atoms with Gasteiger partial charge in [-0.15, -0.1) is 0 Å². The summed E-state index contributed by atoms with van der Waals surface area (Å²) in [6, 6.07) is 9.37. The lowest BCUT2D eigenvalue weighted by atomic mass is 10.0. The molecule has 2 aromatic rings. The number of pyridine rings is 1. The van der Waals surface area contributed by atoms with E-state index in [-0.39, 0.29) is 12.3 Å². The van der Waals surface area contributed by atoms with Gasteiger partial charge in [-0.2, -0.15) is 0 Å². The third-order valence-corrected chi connectivity index (χ3v) is 3.47. The predicted molar refractivity (Wildman–Crippen MR) is 82.9 cm³/mol. The van der Waals surface area contributed by atoms with Crippen molar-refractivity contribution in [1.29, 1.82) is 0 Å². The Morgan fingerprint density at radius 2 is 2.05 bits per heavy atom. The lowest BCUT2D eigenvalue weighted by molar-refractivity contribution is -0.137. The molecule has 0 fully saturated rings. The number of halogens is 1. The number of aliphatic carboxylic acids is 1. The molecule has 2 rings (SSSR count). The van der Waals surface area contributed by atoms with Crippen LogP contribution in [0.4, 0.5) is 0 Å². The van der Waals surface area contributed by atoms with Crippen molar-refractivity contribution in [3.05, 3.63) is 64.4 Å². The third kappa shape index (κ3) is 4.05. The zero-order valence-electron chi connectivity index (χ0n) is 11.9. The highest BCUT2D eigenvalue weighted by molar-refractivity contribution is 6.31. The molecule has 5 nitrogen and oxygen atoms in total. The molecule has 0 aliphatic heterocycles. The van der Waals surface area contributed by atoms with Crippen molar-refractivity contribution in [3.63, 3.8) is 0 Å². The van der Waals surface area contributed by atoms with Crippen molar-refractivity contribution < 1.29 is 14.7 Å². The molecule has 0 radical (unpaired) electrons. The highest BCUT2D eigenvalue weighted by Crippen LogP contribution is 2.25. The molecule has 114 valence electrons. The average Bonchev–Trinajstić information content (AvgIpc) is 2.46. The van der Waals surface area contributed by atoms with Crippen LogP contribution in [0.15, 0.2) is 42.6 Å². The number of hydrogen-bond acceptors (Lipinski definition) is 3. The minimum Gasteiger partial charge on any atom is -0.481 e. The number of aryl methyl sites for hydroxylation is 1. The van der Waals surface area contributed by atoms with E-state index in [0.717, 1.165) is 0 Å². The Balaban J connectivity index is 2.25. The molecule has 1 atom stereocenters. The molecular weight excluding hydrogens is 304 g/mol. The smallest absolute Gasteiger partial charge is 0.305 e. The van der Waals surface area contributed by atoms with E-state index in [1.54, 1.807) is 43.3 Å². The van der Waals surface area contributed by atoms with Crippen LogP contribution in [0, 0.1) is 6.92 Å². The van der Waals surface area contributed by atoms with E-state index in [1.807, 2.05) is 0 Å². The second kappa shape index (κ2) is 7.04. The summed E-state index contributed by atoms with van der Waals surface area (Å²) in [6.07, 6.45) is 1.28. The van der Waals surface area contributed by atoms with Crippen LogP contribution >= 0.6 is 11.6 Å². The minimum absolute atomic E-state index is 0.250. The Kier molecular flexibility index (Phi) is 5.12. The van der Waals surface area contributed by atoms with E-state index >= 15 is 0 Å². The van der Waals surface area contributed by atoms with Gasteiger partial charge >= 0.3 is 5.97 Å². The number of carbonyl (C=O) groups is 2. The quantitative estimate of drug-likeness (QED) is 0.888. The molecule has 1 heterocycles. The van der Waals surface area contributed by atoms with E-state index < -0.39 is 12.0 Å². The van der Waals surface area contributed by atoms with Gasteiger partial charge in [0.1, 0.15) is 0 Å². The molecule has 1 aromatic carbocycles. The standard InChI is InChI=1S/C16H15ClN2O3/c1-10-8-11(6-7-18-10)16(22)19-14(9-15(20)21)12-4-2-3-5-13(12)17/h2-8,14H,9H2,1H3,(H,19,22)(H,20,21)/t14-/m0/s1. The molecular formula is C16H15ClN2O3. The normalized spacial score (nSPS) is 11.7. The third-order valence-electron chi connectivity index (χ3n) is 3.12. The number of benzene rings is 1. The first-order valence-electron chi connectivity index (χ1n) is 6.67. The Hall–Kier alpha value is -2.40. The van der Waals surface area contributed by atoms with Crippen molar-refractivity contribution in [2.75, 3.05) is 0 Å². The maximum atomic E-state index is 12.3. The number of carboxylic acids is 1. The largest absolute Gasteiger partial charge is 0.481 e. The van der Waals surface area contributed by atoms with Crippen LogP contribution in [0.5, 0.6) is 0 Å². The molecule has 0 spiro atoms. The van der Waals surface area contributed by atoms with Crippen LogP contribution in [-0.2, 0) is 4.79 Å². The van der Waals surface area contributed by atoms with Crippen molar-refractivity contribution in [2.45, 2.75) is 19.4 Å². The van der Waals surface area contributed by atoms with Crippen LogP contribution in [0.3, 0.4) is 0 Å². The second-order valence-corrected chi connectivity index (χ2v) is 5.24. The first-order valence-corrected chi connectivity index (χ1v) is 7.05. The van der Waals surface area contributed by atoms with Crippen molar-refractivity contribution in [1.82, 2.24) is 10.3 Å². The number of carboxylic acid groups (broad SMARTS) is 1. The number of nitrogens with one attached hydrogen (secondary N) is 1. The lowest BCUT2D eigenvalue weighted by Crippen LogP contribution is -2.30. The highest BCUT2D eigenvalue weighted by atomic mass is 35.5. The Morgan fingerprint density at radius 3 is 2.68 bits per heavy atom. The van der Waals surface area contributed by atoms with Gasteiger partial charge in [-0.25, -0.2) is 0 Å². The van der Waals surface area contributed by atoms with Gasteiger partial charge in [0, 0.05) is 22.5 Å². The SMILES string of the molecule is Cc1cc(C(=O)N[C@@H](CC(=O)O)c2ccccc2Cl)ccn1. The fraction of sp³-hybridized carbons (Fsp3) is 0.188. The molecule has 0 bridgehead atoms. The topological polar surface area (TPSA) is 79.3 Å². The molecule has 22 heavy (non-hydrogen) atoms. The second-order valence-electron chi connectivity index (χ2n) is 4.83. The maximum Gasteiger partial charge on any atom is 0.305 e. The number of nitrogens with zero attached hydrogens (tertiary/aromatic N) is 1. The molecule has 0 aliphatic carbocycles. The van der Waals surface area contributed by atoms with Crippen LogP contribution in [0.1, 0.15) is 34.1 Å². The summed E-state index contributed by atoms with van der Waals surface area (Å²) >= 11 is 6.10. The summed E-state index contributed by atoms with van der Waals surface area (Å²) in [4.78, 5) is 27.4. The van der Waals surface area contributed by atoms with Crippen LogP contribution < -0.4 is 5.32 Å². The van der Waals surface area contributed by atoms with Crippen molar-refractivity contribution in [3.8, 4) is 0 Å². The van der Waals surface area contributed by atoms with Gasteiger partial charge in [0.15, 0.2) is 0 Å². The number of hydrogen-bond donors (Lipinski definition) is 2. The Morgan fingerprint density at radius 1 is 1.32 bits per heavy atom. The van der Waals surface area contributed by atoms with E-state index in [1.165, 1.54) is 6.20 Å². The molecule has 0 unspecified atom stereocenters. The summed E-state index contributed by atoms with van der Waals surface area (Å²) < 4.78 is 0. The first-order chi connectivity index (χ1) is 10.5. The van der Waals surface area contributed by atoms with Crippen LogP contribution in [0.25, 0.3) is 0 Å². The van der Waals surface area contributed by atoms with Gasteiger partial charge in [-0.3, -0.25) is 14.6 Å². The van der Waals surface area contributed by atoms with Gasteiger partial charge < -0.3 is 10.4 Å². The van der Waals surface area contributed by atoms with Crippen LogP contribution in [0.2, 0.25) is 5.02 Å². The van der Waals surface area contributed by atoms with Gasteiger partial charge in [0.25, 0.3) is 5.91 Å². The Bertz CT molecular complexity index is 703. The number of carbonyl (C=O) groups excluding carboxylic acids is 1. The maximum absolute atomic E-state index is 12.3. The summed E-state index contributed by atoms with van der Waals surface area (Å²) in [7, 11) is 0. The highest BCUT2D eigenvalue weighted by Gasteiger charge is 2.21. The van der Waals surface area contributed by atoms with Crippen LogP contribution in [-0.4, -0.2) is 22.0 Å². The number of aromatic nitrogens is 1. The van der Waals surface area contributed by atoms with Gasteiger partial charge in [0.05, 0.1) is 12.5 Å². The minimum atomic E-state index is -1.02. The fourth-order valence-corrected chi connectivity index (χ4v) is 2.37. The van der Waals surface area contributed by atoms with E-state index in [4.69, 9.17) is 16.7 Å². The van der Waals surface area contributed by atoms with Gasteiger partial charge in [-0.1, -0.05) is 29.8 Å². The molecule has 1 amide bonds. The molecule has 6 heteroatoms. The predicted octanol–water partition coefficient (Wildman–Crippen LogP) is 2.99. The fourth-order valence-electron chi connectivity index (χ4n) is 2.10. The molecule has 0 saturated heterocycles. The molecule has 0 aliphatic rings. The van der Waals surface area contributed by atoms with Crippen molar-refractivity contribution in [2.24, 2.45) is 0 Å². The summed E-state index contributed by atoms with van der Waals surface area (Å²) in [6.45, 7) is 1.78. The summed E-state index contributed by atoms with van der Waals surface area (Å²) in [5.41, 5.74) is 1.71. The van der Waals surface area contributed by atoms with E-state index in [2.05, 4.69) is 10.3 Å². The summed E-state index contributed by atoms with van der Waals surface area (Å²) in [5, 5.41) is 12.2. The van der Waals surface area contributed by atoms with Gasteiger partial charge in [-0.05, 0) is 30.7 Å². The number of rotatable bonds is 5. The zero-order chi connectivity index (χ0) is 16.1. The first kappa shape index (κ1) is 16.0. The molecule has 2 N–H and O–H groups in total. The molecule has 0 saturated carbocycles. The zero-order valence-corrected chi connectivity index (χ0v) is 12.7. The summed E-state index contributed by atoms with van der Waals surface area (Å²) in [5.74, 6) is -1.38.